The summed E-state index contributed by atoms with van der Waals surface area (Å²) in [5.41, 5.74) is 9.76. The maximum Gasteiger partial charge on any atom is 0.221 e. The van der Waals surface area contributed by atoms with E-state index in [0.717, 1.165) is 38.3 Å². The largest absolute Gasteiger partial charge is 0.369 e. The molecule has 7 heteroatoms. The van der Waals surface area contributed by atoms with E-state index >= 15 is 0 Å². The maximum absolute atomic E-state index is 12.1. The number of nitrogens with zero attached hydrogens (tertiary/aromatic N) is 2. The first-order valence-electron chi connectivity index (χ1n) is 9.73. The molecule has 0 bridgehead atoms. The van der Waals surface area contributed by atoms with E-state index in [1.165, 1.54) is 11.3 Å². The molecule has 1 amide bonds. The van der Waals surface area contributed by atoms with Crippen molar-refractivity contribution in [2.75, 3.05) is 44.2 Å². The van der Waals surface area contributed by atoms with Gasteiger partial charge in [-0.15, -0.1) is 24.8 Å². The minimum atomic E-state index is -0.159. The summed E-state index contributed by atoms with van der Waals surface area (Å²) in [5, 5.41) is 2.96. The summed E-state index contributed by atoms with van der Waals surface area (Å²) in [7, 11) is 0. The van der Waals surface area contributed by atoms with Crippen LogP contribution in [-0.2, 0) is 4.79 Å². The van der Waals surface area contributed by atoms with Crippen molar-refractivity contribution in [3.05, 3.63) is 65.7 Å². The molecule has 3 N–H and O–H groups in total. The molecule has 5 nitrogen and oxygen atoms in total. The van der Waals surface area contributed by atoms with Crippen molar-refractivity contribution in [2.24, 2.45) is 5.73 Å². The molecule has 1 fully saturated rings. The van der Waals surface area contributed by atoms with Crippen LogP contribution in [-0.4, -0.2) is 50.1 Å². The number of amides is 1. The molecule has 1 heterocycles. The first kappa shape index (κ1) is 25.2. The van der Waals surface area contributed by atoms with Crippen LogP contribution in [0.15, 0.2) is 54.6 Å². The van der Waals surface area contributed by atoms with Gasteiger partial charge in [-0.25, -0.2) is 0 Å². The Morgan fingerprint density at radius 2 is 1.72 bits per heavy atom. The van der Waals surface area contributed by atoms with Crippen molar-refractivity contribution in [1.82, 2.24) is 10.2 Å². The van der Waals surface area contributed by atoms with E-state index in [4.69, 9.17) is 5.73 Å². The van der Waals surface area contributed by atoms with Gasteiger partial charge in [-0.1, -0.05) is 42.5 Å². The number of piperazine rings is 1. The zero-order valence-corrected chi connectivity index (χ0v) is 18.6. The minimum absolute atomic E-state index is 0. The molecule has 1 atom stereocenters. The molecular formula is C22H32Cl2N4O. The molecular weight excluding hydrogens is 407 g/mol. The molecule has 1 aliphatic heterocycles. The number of rotatable bonds is 7. The smallest absolute Gasteiger partial charge is 0.221 e. The Balaban J connectivity index is 0.00000210. The lowest BCUT2D eigenvalue weighted by atomic mass is 10.1. The lowest BCUT2D eigenvalue weighted by Gasteiger charge is -2.36. The number of nitrogens with two attached hydrogens (primary N) is 1. The SMILES string of the molecule is Cc1cccc(N2CCN(CCC(=O)NCC(N)c3ccccc3)CC2)c1.Cl.Cl. The zero-order valence-electron chi connectivity index (χ0n) is 16.9. The van der Waals surface area contributed by atoms with Gasteiger partial charge in [0.1, 0.15) is 0 Å². The fourth-order valence-electron chi connectivity index (χ4n) is 3.44. The van der Waals surface area contributed by atoms with Gasteiger partial charge in [-0.3, -0.25) is 9.69 Å². The van der Waals surface area contributed by atoms with Gasteiger partial charge in [0, 0.05) is 57.4 Å². The van der Waals surface area contributed by atoms with Gasteiger partial charge in [-0.05, 0) is 30.2 Å². The van der Waals surface area contributed by atoms with Crippen molar-refractivity contribution in [1.29, 1.82) is 0 Å². The fourth-order valence-corrected chi connectivity index (χ4v) is 3.44. The van der Waals surface area contributed by atoms with Crippen LogP contribution in [0.2, 0.25) is 0 Å². The highest BCUT2D eigenvalue weighted by Crippen LogP contribution is 2.17. The predicted octanol–water partition coefficient (Wildman–Crippen LogP) is 3.17. The van der Waals surface area contributed by atoms with Gasteiger partial charge in [0.15, 0.2) is 0 Å². The highest BCUT2D eigenvalue weighted by molar-refractivity contribution is 5.85. The van der Waals surface area contributed by atoms with Crippen LogP contribution >= 0.6 is 24.8 Å². The van der Waals surface area contributed by atoms with Crippen molar-refractivity contribution in [3.8, 4) is 0 Å². The molecule has 1 aliphatic rings. The van der Waals surface area contributed by atoms with Crippen LogP contribution in [0.4, 0.5) is 5.69 Å². The Bertz CT molecular complexity index is 737. The van der Waals surface area contributed by atoms with Crippen LogP contribution in [0.25, 0.3) is 0 Å². The van der Waals surface area contributed by atoms with Crippen LogP contribution in [0, 0.1) is 6.92 Å². The Morgan fingerprint density at radius 3 is 2.38 bits per heavy atom. The zero-order chi connectivity index (χ0) is 19.1. The highest BCUT2D eigenvalue weighted by Gasteiger charge is 2.18. The summed E-state index contributed by atoms with van der Waals surface area (Å²) in [6.07, 6.45) is 0.520. The molecule has 0 radical (unpaired) electrons. The summed E-state index contributed by atoms with van der Waals surface area (Å²) >= 11 is 0. The maximum atomic E-state index is 12.1. The van der Waals surface area contributed by atoms with E-state index in [2.05, 4.69) is 46.3 Å². The monoisotopic (exact) mass is 438 g/mol. The molecule has 0 saturated carbocycles. The number of nitrogens with one attached hydrogen (secondary N) is 1. The van der Waals surface area contributed by atoms with Gasteiger partial charge in [-0.2, -0.15) is 0 Å². The molecule has 3 rings (SSSR count). The first-order chi connectivity index (χ1) is 13.1. The summed E-state index contributed by atoms with van der Waals surface area (Å²) in [4.78, 5) is 16.9. The lowest BCUT2D eigenvalue weighted by molar-refractivity contribution is -0.121. The topological polar surface area (TPSA) is 61.6 Å². The Morgan fingerprint density at radius 1 is 1.03 bits per heavy atom. The van der Waals surface area contributed by atoms with Gasteiger partial charge in [0.2, 0.25) is 5.91 Å². The van der Waals surface area contributed by atoms with Crippen LogP contribution in [0.5, 0.6) is 0 Å². The third kappa shape index (κ3) is 7.86. The number of aryl methyl sites for hydroxylation is 1. The molecule has 0 aliphatic carbocycles. The predicted molar refractivity (Wildman–Crippen MR) is 125 cm³/mol. The number of halogens is 2. The second kappa shape index (κ2) is 12.7. The number of hydrogen-bond acceptors (Lipinski definition) is 4. The molecule has 1 saturated heterocycles. The summed E-state index contributed by atoms with van der Waals surface area (Å²) in [6.45, 7) is 7.39. The number of carbonyl (C=O) groups is 1. The molecule has 2 aromatic rings. The van der Waals surface area contributed by atoms with Crippen LogP contribution < -0.4 is 16.0 Å². The van der Waals surface area contributed by atoms with E-state index in [1.54, 1.807) is 0 Å². The molecule has 2 aromatic carbocycles. The average molecular weight is 439 g/mol. The number of benzene rings is 2. The van der Waals surface area contributed by atoms with Crippen LogP contribution in [0.1, 0.15) is 23.6 Å². The van der Waals surface area contributed by atoms with Crippen LogP contribution in [0.3, 0.4) is 0 Å². The Labute approximate surface area is 186 Å². The minimum Gasteiger partial charge on any atom is -0.369 e. The van der Waals surface area contributed by atoms with Crippen molar-refractivity contribution in [3.63, 3.8) is 0 Å². The third-order valence-electron chi connectivity index (χ3n) is 5.14. The van der Waals surface area contributed by atoms with Crippen molar-refractivity contribution in [2.45, 2.75) is 19.4 Å². The van der Waals surface area contributed by atoms with E-state index in [9.17, 15) is 4.79 Å². The molecule has 0 spiro atoms. The Hall–Kier alpha value is -1.79. The summed E-state index contributed by atoms with van der Waals surface area (Å²) in [6, 6.07) is 18.4. The summed E-state index contributed by atoms with van der Waals surface area (Å²) in [5.74, 6) is 0.0718. The fraction of sp³-hybridized carbons (Fsp3) is 0.409. The van der Waals surface area contributed by atoms with Crippen molar-refractivity contribution >= 4 is 36.4 Å². The number of hydrogen-bond donors (Lipinski definition) is 2. The third-order valence-corrected chi connectivity index (χ3v) is 5.14. The summed E-state index contributed by atoms with van der Waals surface area (Å²) < 4.78 is 0. The second-order valence-corrected chi connectivity index (χ2v) is 7.24. The molecule has 160 valence electrons. The lowest BCUT2D eigenvalue weighted by Crippen LogP contribution is -2.47. The first-order valence-corrected chi connectivity index (χ1v) is 9.73. The Kier molecular flexibility index (Phi) is 11.1. The average Bonchev–Trinajstić information content (AvgIpc) is 2.71. The van der Waals surface area contributed by atoms with Gasteiger partial charge in [0.05, 0.1) is 0 Å². The van der Waals surface area contributed by atoms with Gasteiger partial charge < -0.3 is 16.0 Å². The second-order valence-electron chi connectivity index (χ2n) is 7.24. The quantitative estimate of drug-likeness (QED) is 0.696. The van der Waals surface area contributed by atoms with E-state index in [-0.39, 0.29) is 36.8 Å². The number of anilines is 1. The van der Waals surface area contributed by atoms with Crippen molar-refractivity contribution < 1.29 is 4.79 Å². The van der Waals surface area contributed by atoms with E-state index in [0.29, 0.717) is 13.0 Å². The standard InChI is InChI=1S/C22H30N4O.2ClH/c1-18-6-5-9-20(16-18)26-14-12-25(13-15-26)11-10-22(27)24-17-21(23)19-7-3-2-4-8-19;;/h2-9,16,21H,10-15,17,23H2,1H3,(H,24,27);2*1H. The normalized spacial score (nSPS) is 15.0. The molecule has 0 aromatic heterocycles. The highest BCUT2D eigenvalue weighted by atomic mass is 35.5. The van der Waals surface area contributed by atoms with E-state index < -0.39 is 0 Å². The van der Waals surface area contributed by atoms with E-state index in [1.807, 2.05) is 30.3 Å². The van der Waals surface area contributed by atoms with Gasteiger partial charge in [0.25, 0.3) is 0 Å². The molecule has 29 heavy (non-hydrogen) atoms. The number of carbonyl (C=O) groups excluding carboxylic acids is 1. The van der Waals surface area contributed by atoms with Gasteiger partial charge >= 0.3 is 0 Å². The molecule has 1 unspecified atom stereocenters.